The maximum atomic E-state index is 14.3. The second-order valence-corrected chi connectivity index (χ2v) is 19.7. The summed E-state index contributed by atoms with van der Waals surface area (Å²) < 4.78 is 54.9. The van der Waals surface area contributed by atoms with Crippen molar-refractivity contribution in [2.45, 2.75) is 78.1 Å². The molecule has 11 nitrogen and oxygen atoms in total. The molecule has 0 atom stereocenters. The minimum atomic E-state index is -1.25. The van der Waals surface area contributed by atoms with Crippen molar-refractivity contribution in [3.8, 4) is 11.5 Å². The molecular formula is C37H51Cl2FN2O9Si. The number of hydrogen-bond donors (Lipinski definition) is 0. The van der Waals surface area contributed by atoms with E-state index in [0.717, 1.165) is 28.6 Å². The average Bonchev–Trinajstić information content (AvgIpc) is 3.40. The molecule has 0 fully saturated rings. The first-order valence-corrected chi connectivity index (χ1v) is 21.8. The van der Waals surface area contributed by atoms with E-state index >= 15 is 0 Å². The summed E-state index contributed by atoms with van der Waals surface area (Å²) in [5, 5.41) is 5.49. The third kappa shape index (κ3) is 14.7. The van der Waals surface area contributed by atoms with Crippen molar-refractivity contribution in [2.75, 3.05) is 53.9 Å². The van der Waals surface area contributed by atoms with Crippen LogP contribution in [0.2, 0.25) is 35.7 Å². The quantitative estimate of drug-likeness (QED) is 0.0505. The normalized spacial score (nSPS) is 11.5. The Morgan fingerprint density at radius 2 is 1.56 bits per heavy atom. The number of aromatic nitrogens is 2. The van der Waals surface area contributed by atoms with Crippen LogP contribution in [-0.2, 0) is 54.7 Å². The molecule has 2 aromatic carbocycles. The first-order chi connectivity index (χ1) is 24.8. The molecule has 0 aliphatic carbocycles. The highest BCUT2D eigenvalue weighted by molar-refractivity contribution is 6.76. The van der Waals surface area contributed by atoms with E-state index in [4.69, 9.17) is 56.7 Å². The zero-order valence-corrected chi connectivity index (χ0v) is 33.5. The lowest BCUT2D eigenvalue weighted by atomic mass is 10.1. The van der Waals surface area contributed by atoms with E-state index < -0.39 is 19.9 Å². The predicted molar refractivity (Wildman–Crippen MR) is 200 cm³/mol. The molecule has 0 aliphatic rings. The highest BCUT2D eigenvalue weighted by atomic mass is 35.5. The largest absolute Gasteiger partial charge is 0.490 e. The minimum Gasteiger partial charge on any atom is -0.490 e. The van der Waals surface area contributed by atoms with Crippen molar-refractivity contribution in [1.29, 1.82) is 0 Å². The Labute approximate surface area is 316 Å². The maximum absolute atomic E-state index is 14.3. The molecule has 0 N–H and O–H groups in total. The number of carbonyl (C=O) groups is 2. The van der Waals surface area contributed by atoms with Crippen LogP contribution in [0.1, 0.15) is 52.1 Å². The standard InChI is InChI=1S/C37H51Cl2FN2O9Si/c1-26-29(9-7-15-50-34-23-28(37(44)46-3)11-12-32(34)40)33(42(41-26)25-49-19-20-52(4,5)6)24-48-18-17-47-14-8-16-51-36-30(38)21-27(22-31(36)39)10-13-35(43)45-2/h11-12,21-23H,7-10,13-20,24-25H2,1-6H3. The zero-order valence-electron chi connectivity index (χ0n) is 31.0. The predicted octanol–water partition coefficient (Wildman–Crippen LogP) is 7.86. The number of nitrogens with zero attached hydrogens (tertiary/aromatic N) is 2. The van der Waals surface area contributed by atoms with Crippen molar-refractivity contribution >= 4 is 43.2 Å². The van der Waals surface area contributed by atoms with Crippen LogP contribution >= 0.6 is 23.2 Å². The fraction of sp³-hybridized carbons (Fsp3) is 0.541. The van der Waals surface area contributed by atoms with Crippen molar-refractivity contribution < 1.29 is 47.1 Å². The second-order valence-electron chi connectivity index (χ2n) is 13.3. The fourth-order valence-corrected chi connectivity index (χ4v) is 6.44. The van der Waals surface area contributed by atoms with Gasteiger partial charge in [0.1, 0.15) is 6.73 Å². The summed E-state index contributed by atoms with van der Waals surface area (Å²) >= 11 is 12.7. The van der Waals surface area contributed by atoms with E-state index in [9.17, 15) is 14.0 Å². The van der Waals surface area contributed by atoms with Crippen molar-refractivity contribution in [3.63, 3.8) is 0 Å². The summed E-state index contributed by atoms with van der Waals surface area (Å²) in [5.74, 6) is -1.02. The van der Waals surface area contributed by atoms with E-state index in [-0.39, 0.29) is 30.3 Å². The number of rotatable bonds is 24. The molecule has 15 heteroatoms. The van der Waals surface area contributed by atoms with E-state index in [2.05, 4.69) is 24.4 Å². The number of methoxy groups -OCH3 is 2. The first kappa shape index (κ1) is 43.2. The van der Waals surface area contributed by atoms with Gasteiger partial charge in [0.05, 0.1) is 74.3 Å². The summed E-state index contributed by atoms with van der Waals surface area (Å²) in [5.41, 5.74) is 3.82. The molecule has 0 spiro atoms. The van der Waals surface area contributed by atoms with Gasteiger partial charge in [0, 0.05) is 34.1 Å². The summed E-state index contributed by atoms with van der Waals surface area (Å²) in [7, 11) is 1.37. The van der Waals surface area contributed by atoms with Gasteiger partial charge in [-0.3, -0.25) is 4.79 Å². The van der Waals surface area contributed by atoms with E-state index in [1.165, 1.54) is 32.4 Å². The number of halogens is 3. The first-order valence-electron chi connectivity index (χ1n) is 17.3. The Morgan fingerprint density at radius 1 is 0.846 bits per heavy atom. The van der Waals surface area contributed by atoms with Crippen LogP contribution in [0.4, 0.5) is 4.39 Å². The smallest absolute Gasteiger partial charge is 0.337 e. The molecule has 0 bridgehead atoms. The minimum absolute atomic E-state index is 0.00318. The third-order valence-corrected chi connectivity index (χ3v) is 10.2. The molecule has 0 unspecified atom stereocenters. The van der Waals surface area contributed by atoms with Crippen LogP contribution in [0.25, 0.3) is 0 Å². The molecule has 1 heterocycles. The summed E-state index contributed by atoms with van der Waals surface area (Å²) in [4.78, 5) is 23.3. The van der Waals surface area contributed by atoms with Gasteiger partial charge in [0.25, 0.3) is 0 Å². The van der Waals surface area contributed by atoms with Crippen LogP contribution in [0.5, 0.6) is 11.5 Å². The van der Waals surface area contributed by atoms with Crippen LogP contribution in [-0.4, -0.2) is 83.7 Å². The summed E-state index contributed by atoms with van der Waals surface area (Å²) in [6.07, 6.45) is 2.52. The highest BCUT2D eigenvalue weighted by Gasteiger charge is 2.18. The third-order valence-electron chi connectivity index (χ3n) is 7.95. The van der Waals surface area contributed by atoms with Crippen molar-refractivity contribution in [2.24, 2.45) is 0 Å². The molecule has 1 aromatic heterocycles. The van der Waals surface area contributed by atoms with Gasteiger partial charge in [-0.1, -0.05) is 42.8 Å². The molecule has 0 aliphatic heterocycles. The molecule has 0 saturated heterocycles. The van der Waals surface area contributed by atoms with Gasteiger partial charge in [-0.25, -0.2) is 13.9 Å². The zero-order chi connectivity index (χ0) is 38.1. The van der Waals surface area contributed by atoms with Crippen LogP contribution < -0.4 is 9.47 Å². The van der Waals surface area contributed by atoms with Gasteiger partial charge in [0.2, 0.25) is 0 Å². The molecule has 0 radical (unpaired) electrons. The average molecular weight is 786 g/mol. The van der Waals surface area contributed by atoms with Gasteiger partial charge in [0.15, 0.2) is 17.3 Å². The van der Waals surface area contributed by atoms with Gasteiger partial charge < -0.3 is 33.2 Å². The van der Waals surface area contributed by atoms with Crippen molar-refractivity contribution in [1.82, 2.24) is 9.78 Å². The Kier molecular flexibility index (Phi) is 18.4. The van der Waals surface area contributed by atoms with E-state index in [1.807, 2.05) is 11.6 Å². The monoisotopic (exact) mass is 784 g/mol. The number of esters is 2. The molecule has 3 rings (SSSR count). The molecule has 0 saturated carbocycles. The van der Waals surface area contributed by atoms with Gasteiger partial charge in [-0.05, 0) is 73.7 Å². The van der Waals surface area contributed by atoms with Crippen molar-refractivity contribution in [3.05, 3.63) is 74.3 Å². The maximum Gasteiger partial charge on any atom is 0.337 e. The molecule has 52 heavy (non-hydrogen) atoms. The van der Waals surface area contributed by atoms with E-state index in [0.29, 0.717) is 87.9 Å². The van der Waals surface area contributed by atoms with Gasteiger partial charge >= 0.3 is 11.9 Å². The molecule has 0 amide bonds. The number of ether oxygens (including phenoxy) is 7. The topological polar surface area (TPSA) is 117 Å². The fourth-order valence-electron chi connectivity index (χ4n) is 5.05. The van der Waals surface area contributed by atoms with Gasteiger partial charge in [-0.2, -0.15) is 5.10 Å². The SMILES string of the molecule is COC(=O)CCc1cc(Cl)c(OCCCOCCOCc2c(CCCOc3cc(C(=O)OC)ccc3F)c(C)nn2COCC[Si](C)(C)C)c(Cl)c1. The Morgan fingerprint density at radius 3 is 2.25 bits per heavy atom. The van der Waals surface area contributed by atoms with Crippen LogP contribution in [0.15, 0.2) is 30.3 Å². The molecule has 288 valence electrons. The summed E-state index contributed by atoms with van der Waals surface area (Å²) in [6.45, 7) is 11.9. The number of hydrogen-bond acceptors (Lipinski definition) is 10. The Bertz CT molecular complexity index is 1580. The second kappa shape index (κ2) is 22.1. The highest BCUT2D eigenvalue weighted by Crippen LogP contribution is 2.34. The Hall–Kier alpha value is -3.20. The number of aryl methyl sites for hydroxylation is 2. The lowest BCUT2D eigenvalue weighted by molar-refractivity contribution is -0.140. The lowest BCUT2D eigenvalue weighted by Crippen LogP contribution is -2.22. The van der Waals surface area contributed by atoms with Crippen LogP contribution in [0, 0.1) is 12.7 Å². The molecular weight excluding hydrogens is 734 g/mol. The lowest BCUT2D eigenvalue weighted by Gasteiger charge is -2.16. The van der Waals surface area contributed by atoms with E-state index in [1.54, 1.807) is 12.1 Å². The number of benzene rings is 2. The molecule has 3 aromatic rings. The van der Waals surface area contributed by atoms with Gasteiger partial charge in [-0.15, -0.1) is 0 Å². The number of carbonyl (C=O) groups excluding carboxylic acids is 2. The van der Waals surface area contributed by atoms with Crippen LogP contribution in [0.3, 0.4) is 0 Å². The summed E-state index contributed by atoms with van der Waals surface area (Å²) in [6, 6.07) is 8.41. The Balaban J connectivity index is 1.47.